The molecule has 0 spiro atoms. The first kappa shape index (κ1) is 14.2. The van der Waals surface area contributed by atoms with Gasteiger partial charge in [-0.2, -0.15) is 0 Å². The van der Waals surface area contributed by atoms with Gasteiger partial charge in [0, 0.05) is 15.5 Å². The first-order valence-electron chi connectivity index (χ1n) is 6.05. The summed E-state index contributed by atoms with van der Waals surface area (Å²) in [4.78, 5) is 13.2. The number of thioether (sulfide) groups is 1. The van der Waals surface area contributed by atoms with Crippen LogP contribution in [0.25, 0.3) is 0 Å². The average molecular weight is 291 g/mol. The number of carbonyl (C=O) groups is 1. The van der Waals surface area contributed by atoms with Crippen molar-refractivity contribution >= 4 is 29.1 Å². The Kier molecular flexibility index (Phi) is 4.67. The molecule has 0 atom stereocenters. The molecule has 0 amide bonds. The highest BCUT2D eigenvalue weighted by atomic mass is 35.5. The van der Waals surface area contributed by atoms with E-state index in [0.29, 0.717) is 10.8 Å². The van der Waals surface area contributed by atoms with Gasteiger partial charge in [0.15, 0.2) is 5.78 Å². The van der Waals surface area contributed by atoms with Crippen molar-refractivity contribution in [2.45, 2.75) is 18.7 Å². The number of hydrogen-bond acceptors (Lipinski definition) is 2. The van der Waals surface area contributed by atoms with Crippen LogP contribution >= 0.6 is 23.4 Å². The van der Waals surface area contributed by atoms with Crippen LogP contribution < -0.4 is 0 Å². The molecule has 1 nitrogen and oxygen atoms in total. The Bertz CT molecular complexity index is 607. The van der Waals surface area contributed by atoms with Gasteiger partial charge in [0.1, 0.15) is 0 Å². The van der Waals surface area contributed by atoms with Crippen LogP contribution in [0.15, 0.2) is 47.4 Å². The fraction of sp³-hybridized carbons (Fsp3) is 0.188. The second kappa shape index (κ2) is 6.27. The van der Waals surface area contributed by atoms with Gasteiger partial charge < -0.3 is 0 Å². The molecular formula is C16H15ClOS. The van der Waals surface area contributed by atoms with Crippen molar-refractivity contribution in [1.29, 1.82) is 0 Å². The Morgan fingerprint density at radius 3 is 2.68 bits per heavy atom. The predicted molar refractivity (Wildman–Crippen MR) is 82.4 cm³/mol. The molecule has 0 aliphatic rings. The maximum absolute atomic E-state index is 12.2. The maximum Gasteiger partial charge on any atom is 0.173 e. The van der Waals surface area contributed by atoms with E-state index >= 15 is 0 Å². The zero-order chi connectivity index (χ0) is 13.8. The van der Waals surface area contributed by atoms with Gasteiger partial charge in [-0.3, -0.25) is 4.79 Å². The fourth-order valence-corrected chi connectivity index (χ4v) is 2.91. The van der Waals surface area contributed by atoms with Gasteiger partial charge in [0.05, 0.1) is 5.75 Å². The van der Waals surface area contributed by atoms with Crippen LogP contribution in [-0.4, -0.2) is 11.5 Å². The number of hydrogen-bond donors (Lipinski definition) is 0. The van der Waals surface area contributed by atoms with Crippen molar-refractivity contribution in [2.75, 3.05) is 5.75 Å². The molecule has 98 valence electrons. The summed E-state index contributed by atoms with van der Waals surface area (Å²) in [6.07, 6.45) is 0. The fourth-order valence-electron chi connectivity index (χ4n) is 1.82. The summed E-state index contributed by atoms with van der Waals surface area (Å²) in [5.74, 6) is 0.594. The van der Waals surface area contributed by atoms with Gasteiger partial charge in [-0.05, 0) is 43.7 Å². The Morgan fingerprint density at radius 1 is 1.16 bits per heavy atom. The minimum absolute atomic E-state index is 0.158. The molecule has 0 unspecified atom stereocenters. The standard InChI is InChI=1S/C16H15ClOS/c1-11-6-7-12(2)15(8-11)16(18)10-19-14-5-3-4-13(17)9-14/h3-9H,10H2,1-2H3. The molecular weight excluding hydrogens is 276 g/mol. The summed E-state index contributed by atoms with van der Waals surface area (Å²) < 4.78 is 0. The Labute approximate surface area is 123 Å². The van der Waals surface area contributed by atoms with Crippen molar-refractivity contribution in [3.05, 3.63) is 64.2 Å². The number of aryl methyl sites for hydroxylation is 2. The van der Waals surface area contributed by atoms with Gasteiger partial charge in [-0.25, -0.2) is 0 Å². The van der Waals surface area contributed by atoms with Crippen LogP contribution in [-0.2, 0) is 0 Å². The summed E-state index contributed by atoms with van der Waals surface area (Å²) in [5.41, 5.74) is 2.96. The Morgan fingerprint density at radius 2 is 1.95 bits per heavy atom. The van der Waals surface area contributed by atoms with Crippen LogP contribution in [0.5, 0.6) is 0 Å². The summed E-state index contributed by atoms with van der Waals surface area (Å²) in [7, 11) is 0. The van der Waals surface area contributed by atoms with Crippen LogP contribution in [0.2, 0.25) is 5.02 Å². The molecule has 0 bridgehead atoms. The van der Waals surface area contributed by atoms with E-state index in [4.69, 9.17) is 11.6 Å². The van der Waals surface area contributed by atoms with Gasteiger partial charge in [-0.1, -0.05) is 35.4 Å². The number of halogens is 1. The number of benzene rings is 2. The topological polar surface area (TPSA) is 17.1 Å². The molecule has 0 N–H and O–H groups in total. The molecule has 0 aliphatic carbocycles. The van der Waals surface area contributed by atoms with Crippen molar-refractivity contribution < 1.29 is 4.79 Å². The zero-order valence-corrected chi connectivity index (χ0v) is 12.5. The smallest absolute Gasteiger partial charge is 0.173 e. The Balaban J connectivity index is 2.07. The first-order chi connectivity index (χ1) is 9.06. The van der Waals surface area contributed by atoms with Gasteiger partial charge in [-0.15, -0.1) is 11.8 Å². The quantitative estimate of drug-likeness (QED) is 0.586. The average Bonchev–Trinajstić information content (AvgIpc) is 2.39. The van der Waals surface area contributed by atoms with Crippen LogP contribution in [0, 0.1) is 13.8 Å². The lowest BCUT2D eigenvalue weighted by Gasteiger charge is -2.06. The van der Waals surface area contributed by atoms with E-state index in [0.717, 1.165) is 21.6 Å². The van der Waals surface area contributed by atoms with Gasteiger partial charge >= 0.3 is 0 Å². The second-order valence-electron chi connectivity index (χ2n) is 4.49. The van der Waals surface area contributed by atoms with Gasteiger partial charge in [0.25, 0.3) is 0 Å². The van der Waals surface area contributed by atoms with Crippen molar-refractivity contribution in [1.82, 2.24) is 0 Å². The van der Waals surface area contributed by atoms with Crippen LogP contribution in [0.1, 0.15) is 21.5 Å². The molecule has 0 fully saturated rings. The van der Waals surface area contributed by atoms with Gasteiger partial charge in [0.2, 0.25) is 0 Å². The highest BCUT2D eigenvalue weighted by molar-refractivity contribution is 8.00. The SMILES string of the molecule is Cc1ccc(C)c(C(=O)CSc2cccc(Cl)c2)c1. The molecule has 0 heterocycles. The molecule has 3 heteroatoms. The number of carbonyl (C=O) groups excluding carboxylic acids is 1. The van der Waals surface area contributed by atoms with E-state index in [-0.39, 0.29) is 5.78 Å². The second-order valence-corrected chi connectivity index (χ2v) is 5.97. The minimum atomic E-state index is 0.158. The summed E-state index contributed by atoms with van der Waals surface area (Å²) in [6, 6.07) is 13.5. The van der Waals surface area contributed by atoms with Crippen LogP contribution in [0.4, 0.5) is 0 Å². The summed E-state index contributed by atoms with van der Waals surface area (Å²) in [6.45, 7) is 3.97. The van der Waals surface area contributed by atoms with E-state index in [2.05, 4.69) is 0 Å². The summed E-state index contributed by atoms with van der Waals surface area (Å²) >= 11 is 7.44. The molecule has 2 rings (SSSR count). The third-order valence-electron chi connectivity index (χ3n) is 2.86. The molecule has 0 radical (unpaired) electrons. The molecule has 0 saturated heterocycles. The van der Waals surface area contributed by atoms with E-state index in [1.54, 1.807) is 0 Å². The number of Topliss-reactive ketones (excluding diaryl/α,β-unsaturated/α-hetero) is 1. The summed E-state index contributed by atoms with van der Waals surface area (Å²) in [5, 5.41) is 0.698. The Hall–Kier alpha value is -1.25. The molecule has 19 heavy (non-hydrogen) atoms. The largest absolute Gasteiger partial charge is 0.293 e. The minimum Gasteiger partial charge on any atom is -0.293 e. The van der Waals surface area contributed by atoms with Crippen LogP contribution in [0.3, 0.4) is 0 Å². The molecule has 0 saturated carbocycles. The lowest BCUT2D eigenvalue weighted by Crippen LogP contribution is -2.05. The first-order valence-corrected chi connectivity index (χ1v) is 7.41. The predicted octanol–water partition coefficient (Wildman–Crippen LogP) is 4.93. The lowest BCUT2D eigenvalue weighted by molar-refractivity contribution is 0.102. The lowest BCUT2D eigenvalue weighted by atomic mass is 10.0. The van der Waals surface area contributed by atoms with E-state index in [1.807, 2.05) is 56.3 Å². The van der Waals surface area contributed by atoms with E-state index in [9.17, 15) is 4.79 Å². The molecule has 2 aromatic carbocycles. The highest BCUT2D eigenvalue weighted by Crippen LogP contribution is 2.23. The number of ketones is 1. The zero-order valence-electron chi connectivity index (χ0n) is 10.9. The van der Waals surface area contributed by atoms with Crippen molar-refractivity contribution in [3.8, 4) is 0 Å². The van der Waals surface area contributed by atoms with E-state index in [1.165, 1.54) is 11.8 Å². The van der Waals surface area contributed by atoms with E-state index < -0.39 is 0 Å². The molecule has 2 aromatic rings. The maximum atomic E-state index is 12.2. The third kappa shape index (κ3) is 3.85. The monoisotopic (exact) mass is 290 g/mol. The molecule has 0 aliphatic heterocycles. The molecule has 0 aromatic heterocycles. The van der Waals surface area contributed by atoms with Crippen molar-refractivity contribution in [2.24, 2.45) is 0 Å². The van der Waals surface area contributed by atoms with Crippen molar-refractivity contribution in [3.63, 3.8) is 0 Å². The third-order valence-corrected chi connectivity index (χ3v) is 4.09. The number of rotatable bonds is 4. The highest BCUT2D eigenvalue weighted by Gasteiger charge is 2.10. The normalized spacial score (nSPS) is 10.5.